The number of hydrogen-bond donors (Lipinski definition) is 0. The van der Waals surface area contributed by atoms with E-state index >= 15 is 0 Å². The summed E-state index contributed by atoms with van der Waals surface area (Å²) in [6.45, 7) is 14.7. The Morgan fingerprint density at radius 2 is 1.75 bits per heavy atom. The Hall–Kier alpha value is -0.343. The van der Waals surface area contributed by atoms with Gasteiger partial charge in [-0.05, 0) is 49.7 Å². The first-order valence-corrected chi connectivity index (χ1v) is 11.1. The Labute approximate surface area is 127 Å². The summed E-state index contributed by atoms with van der Waals surface area (Å²) >= 11 is 0. The van der Waals surface area contributed by atoms with E-state index in [4.69, 9.17) is 4.43 Å². The van der Waals surface area contributed by atoms with Gasteiger partial charge in [-0.3, -0.25) is 0 Å². The molecule has 0 aromatic rings. The molecule has 0 amide bonds. The molecule has 0 N–H and O–H groups in total. The Morgan fingerprint density at radius 3 is 2.35 bits per heavy atom. The van der Waals surface area contributed by atoms with Crippen molar-refractivity contribution >= 4 is 8.32 Å². The predicted molar refractivity (Wildman–Crippen MR) is 92.6 cm³/mol. The summed E-state index contributed by atoms with van der Waals surface area (Å²) in [7, 11) is -1.59. The van der Waals surface area contributed by atoms with Gasteiger partial charge in [0.2, 0.25) is 0 Å². The van der Waals surface area contributed by atoms with Gasteiger partial charge in [0.25, 0.3) is 0 Å². The van der Waals surface area contributed by atoms with Crippen LogP contribution in [0.5, 0.6) is 0 Å². The van der Waals surface area contributed by atoms with Crippen molar-refractivity contribution in [3.8, 4) is 0 Å². The third-order valence-electron chi connectivity index (χ3n) is 5.09. The van der Waals surface area contributed by atoms with Crippen molar-refractivity contribution in [2.45, 2.75) is 71.5 Å². The van der Waals surface area contributed by atoms with Crippen LogP contribution in [0, 0.1) is 11.8 Å². The molecular formula is C18H34OSi. The third kappa shape index (κ3) is 5.21. The summed E-state index contributed by atoms with van der Waals surface area (Å²) in [5, 5.41) is 0.317. The van der Waals surface area contributed by atoms with Gasteiger partial charge in [-0.25, -0.2) is 0 Å². The Bertz CT molecular complexity index is 336. The van der Waals surface area contributed by atoms with E-state index in [0.29, 0.717) is 11.0 Å². The van der Waals surface area contributed by atoms with Crippen LogP contribution in [-0.4, -0.2) is 14.9 Å². The van der Waals surface area contributed by atoms with Gasteiger partial charge >= 0.3 is 0 Å². The van der Waals surface area contributed by atoms with Crippen LogP contribution in [0.15, 0.2) is 24.3 Å². The van der Waals surface area contributed by atoms with Crippen LogP contribution < -0.4 is 0 Å². The maximum absolute atomic E-state index is 6.46. The van der Waals surface area contributed by atoms with Crippen molar-refractivity contribution in [1.82, 2.24) is 0 Å². The van der Waals surface area contributed by atoms with Gasteiger partial charge in [-0.1, -0.05) is 57.9 Å². The zero-order valence-electron chi connectivity index (χ0n) is 14.4. The highest BCUT2D eigenvalue weighted by molar-refractivity contribution is 6.74. The molecule has 0 bridgehead atoms. The van der Waals surface area contributed by atoms with Gasteiger partial charge in [0.15, 0.2) is 8.32 Å². The molecule has 0 aromatic carbocycles. The lowest BCUT2D eigenvalue weighted by atomic mass is 9.79. The van der Waals surface area contributed by atoms with E-state index in [9.17, 15) is 0 Å². The fourth-order valence-corrected chi connectivity index (χ4v) is 3.61. The molecule has 1 rings (SSSR count). The molecule has 1 fully saturated rings. The molecule has 0 spiro atoms. The summed E-state index contributed by atoms with van der Waals surface area (Å²) in [6.07, 6.45) is 14.3. The highest BCUT2D eigenvalue weighted by Crippen LogP contribution is 2.38. The zero-order chi connectivity index (χ0) is 15.2. The van der Waals surface area contributed by atoms with Crippen LogP contribution >= 0.6 is 0 Å². The first-order chi connectivity index (χ1) is 9.28. The first-order valence-electron chi connectivity index (χ1n) is 8.21. The summed E-state index contributed by atoms with van der Waals surface area (Å²) in [5.74, 6) is 1.43. The van der Waals surface area contributed by atoms with E-state index in [1.54, 1.807) is 0 Å². The zero-order valence-corrected chi connectivity index (χ0v) is 15.4. The minimum atomic E-state index is -1.59. The standard InChI is InChI=1S/C18H34OSi/c1-7-8-9-12-16-13-10-11-14-17(16)15-19-20(5,6)18(2,3)4/h7-9,12,16-17H,10-11,13-15H2,1-6H3/b8-7+,12-9+/t16-,17-/m1/s1. The molecule has 20 heavy (non-hydrogen) atoms. The van der Waals surface area contributed by atoms with E-state index in [-0.39, 0.29) is 0 Å². The second kappa shape index (κ2) is 7.60. The second-order valence-electron chi connectivity index (χ2n) is 7.69. The highest BCUT2D eigenvalue weighted by atomic mass is 28.4. The molecule has 1 aliphatic rings. The quantitative estimate of drug-likeness (QED) is 0.450. The smallest absolute Gasteiger partial charge is 0.191 e. The molecule has 0 saturated heterocycles. The summed E-state index contributed by atoms with van der Waals surface area (Å²) in [6, 6.07) is 0. The number of hydrogen-bond acceptors (Lipinski definition) is 1. The Kier molecular flexibility index (Phi) is 6.73. The van der Waals surface area contributed by atoms with Gasteiger partial charge in [-0.2, -0.15) is 0 Å². The molecule has 0 aromatic heterocycles. The number of allylic oxidation sites excluding steroid dienone is 4. The van der Waals surface area contributed by atoms with Crippen LogP contribution in [0.1, 0.15) is 53.4 Å². The monoisotopic (exact) mass is 294 g/mol. The lowest BCUT2D eigenvalue weighted by Crippen LogP contribution is -2.42. The Morgan fingerprint density at radius 1 is 1.10 bits per heavy atom. The largest absolute Gasteiger partial charge is 0.417 e. The minimum absolute atomic E-state index is 0.317. The second-order valence-corrected chi connectivity index (χ2v) is 12.5. The molecule has 1 nitrogen and oxygen atoms in total. The van der Waals surface area contributed by atoms with Crippen LogP contribution in [-0.2, 0) is 4.43 Å². The normalized spacial score (nSPS) is 25.7. The fraction of sp³-hybridized carbons (Fsp3) is 0.778. The molecule has 2 heteroatoms. The van der Waals surface area contributed by atoms with Crippen molar-refractivity contribution in [1.29, 1.82) is 0 Å². The van der Waals surface area contributed by atoms with E-state index in [0.717, 1.165) is 12.5 Å². The van der Waals surface area contributed by atoms with Crippen molar-refractivity contribution in [2.24, 2.45) is 11.8 Å². The third-order valence-corrected chi connectivity index (χ3v) is 9.59. The van der Waals surface area contributed by atoms with Crippen LogP contribution in [0.4, 0.5) is 0 Å². The van der Waals surface area contributed by atoms with E-state index in [1.807, 2.05) is 0 Å². The van der Waals surface area contributed by atoms with Crippen LogP contribution in [0.3, 0.4) is 0 Å². The van der Waals surface area contributed by atoms with E-state index in [1.165, 1.54) is 25.7 Å². The first kappa shape index (κ1) is 17.7. The van der Waals surface area contributed by atoms with Crippen molar-refractivity contribution in [3.05, 3.63) is 24.3 Å². The predicted octanol–water partition coefficient (Wildman–Crippen LogP) is 5.95. The van der Waals surface area contributed by atoms with Gasteiger partial charge in [0.1, 0.15) is 0 Å². The van der Waals surface area contributed by atoms with Gasteiger partial charge in [0, 0.05) is 6.61 Å². The average Bonchev–Trinajstić information content (AvgIpc) is 2.36. The van der Waals surface area contributed by atoms with Crippen molar-refractivity contribution in [3.63, 3.8) is 0 Å². The molecule has 0 unspecified atom stereocenters. The maximum Gasteiger partial charge on any atom is 0.191 e. The summed E-state index contributed by atoms with van der Waals surface area (Å²) in [5.41, 5.74) is 0. The van der Waals surface area contributed by atoms with Gasteiger partial charge < -0.3 is 4.43 Å². The van der Waals surface area contributed by atoms with Gasteiger partial charge in [-0.15, -0.1) is 0 Å². The summed E-state index contributed by atoms with van der Waals surface area (Å²) in [4.78, 5) is 0. The topological polar surface area (TPSA) is 9.23 Å². The van der Waals surface area contributed by atoms with Crippen LogP contribution in [0.25, 0.3) is 0 Å². The average molecular weight is 295 g/mol. The Balaban J connectivity index is 2.59. The SMILES string of the molecule is C/C=C/C=C/[C@@H]1CCCC[C@@H]1CO[Si](C)(C)C(C)(C)C. The molecule has 1 aliphatic carbocycles. The lowest BCUT2D eigenvalue weighted by molar-refractivity contribution is 0.162. The molecule has 0 radical (unpaired) electrons. The van der Waals surface area contributed by atoms with Gasteiger partial charge in [0.05, 0.1) is 0 Å². The highest BCUT2D eigenvalue weighted by Gasteiger charge is 2.38. The lowest BCUT2D eigenvalue weighted by Gasteiger charge is -2.39. The van der Waals surface area contributed by atoms with E-state index < -0.39 is 8.32 Å². The van der Waals surface area contributed by atoms with Crippen molar-refractivity contribution in [2.75, 3.05) is 6.61 Å². The number of rotatable bonds is 5. The molecule has 0 heterocycles. The maximum atomic E-state index is 6.46. The van der Waals surface area contributed by atoms with Crippen molar-refractivity contribution < 1.29 is 4.43 Å². The molecular weight excluding hydrogens is 260 g/mol. The molecule has 2 atom stereocenters. The molecule has 116 valence electrons. The summed E-state index contributed by atoms with van der Waals surface area (Å²) < 4.78 is 6.46. The minimum Gasteiger partial charge on any atom is -0.417 e. The molecule has 0 aliphatic heterocycles. The van der Waals surface area contributed by atoms with E-state index in [2.05, 4.69) is 65.1 Å². The molecule has 1 saturated carbocycles. The fourth-order valence-electron chi connectivity index (χ4n) is 2.55. The van der Waals surface area contributed by atoms with Crippen LogP contribution in [0.2, 0.25) is 18.1 Å².